The fourth-order valence-electron chi connectivity index (χ4n) is 2.79. The molecule has 0 aromatic rings. The molecule has 0 radical (unpaired) electrons. The predicted octanol–water partition coefficient (Wildman–Crippen LogP) is 0.127. The number of hydrogen-bond acceptors (Lipinski definition) is 4. The summed E-state index contributed by atoms with van der Waals surface area (Å²) in [6.45, 7) is 3.32. The van der Waals surface area contributed by atoms with Gasteiger partial charge in [0.15, 0.2) is 0 Å². The molecule has 2 rings (SSSR count). The highest BCUT2D eigenvalue weighted by molar-refractivity contribution is 6.06. The lowest BCUT2D eigenvalue weighted by atomic mass is 9.92. The van der Waals surface area contributed by atoms with Crippen molar-refractivity contribution in [3.8, 4) is 0 Å². The number of carbonyl (C=O) groups excluding carboxylic acids is 3. The Labute approximate surface area is 124 Å². The zero-order chi connectivity index (χ0) is 15.6. The highest BCUT2D eigenvalue weighted by Gasteiger charge is 2.44. The summed E-state index contributed by atoms with van der Waals surface area (Å²) in [7, 11) is 0. The third-order valence-corrected chi connectivity index (χ3v) is 4.08. The zero-order valence-electron chi connectivity index (χ0n) is 12.5. The second-order valence-corrected chi connectivity index (χ2v) is 6.29. The molecular weight excluding hydrogens is 274 g/mol. The lowest BCUT2D eigenvalue weighted by Gasteiger charge is -2.28. The third-order valence-electron chi connectivity index (χ3n) is 4.08. The molecule has 1 aliphatic heterocycles. The summed E-state index contributed by atoms with van der Waals surface area (Å²) in [5.41, 5.74) is -0.910. The van der Waals surface area contributed by atoms with Gasteiger partial charge in [0.1, 0.15) is 5.54 Å². The van der Waals surface area contributed by atoms with Crippen LogP contribution < -0.4 is 10.6 Å². The number of amides is 4. The van der Waals surface area contributed by atoms with Crippen LogP contribution in [-0.4, -0.2) is 52.1 Å². The van der Waals surface area contributed by atoms with Crippen molar-refractivity contribution in [3.63, 3.8) is 0 Å². The van der Waals surface area contributed by atoms with Crippen molar-refractivity contribution in [1.82, 2.24) is 15.5 Å². The molecule has 118 valence electrons. The van der Waals surface area contributed by atoms with Gasteiger partial charge in [-0.05, 0) is 26.7 Å². The Balaban J connectivity index is 1.81. The lowest BCUT2D eigenvalue weighted by Crippen LogP contribution is -2.46. The number of aliphatic hydroxyl groups excluding tert-OH is 1. The Morgan fingerprint density at radius 2 is 2.05 bits per heavy atom. The molecule has 7 nitrogen and oxygen atoms in total. The fraction of sp³-hybridized carbons (Fsp3) is 0.786. The molecule has 1 heterocycles. The zero-order valence-corrected chi connectivity index (χ0v) is 12.5. The fourth-order valence-corrected chi connectivity index (χ4v) is 2.79. The number of nitrogens with zero attached hydrogens (tertiary/aromatic N) is 1. The van der Waals surface area contributed by atoms with Gasteiger partial charge >= 0.3 is 6.03 Å². The first-order valence-corrected chi connectivity index (χ1v) is 7.43. The van der Waals surface area contributed by atoms with Gasteiger partial charge in [-0.15, -0.1) is 0 Å². The van der Waals surface area contributed by atoms with Crippen LogP contribution >= 0.6 is 0 Å². The van der Waals surface area contributed by atoms with Crippen LogP contribution in [0, 0.1) is 0 Å². The number of rotatable bonds is 4. The van der Waals surface area contributed by atoms with Crippen molar-refractivity contribution in [2.24, 2.45) is 0 Å². The molecule has 2 aliphatic rings. The van der Waals surface area contributed by atoms with Crippen LogP contribution in [-0.2, 0) is 9.59 Å². The minimum atomic E-state index is -0.910. The Morgan fingerprint density at radius 1 is 1.38 bits per heavy atom. The van der Waals surface area contributed by atoms with E-state index < -0.39 is 17.7 Å². The van der Waals surface area contributed by atoms with Gasteiger partial charge in [0.25, 0.3) is 5.91 Å². The van der Waals surface area contributed by atoms with Crippen LogP contribution in [0.1, 0.15) is 46.0 Å². The monoisotopic (exact) mass is 297 g/mol. The van der Waals surface area contributed by atoms with Crippen molar-refractivity contribution in [2.45, 2.75) is 63.6 Å². The summed E-state index contributed by atoms with van der Waals surface area (Å²) < 4.78 is 0. The van der Waals surface area contributed by atoms with Gasteiger partial charge in [-0.25, -0.2) is 4.79 Å². The molecule has 1 saturated carbocycles. The molecule has 2 atom stereocenters. The van der Waals surface area contributed by atoms with Crippen LogP contribution in [0.15, 0.2) is 0 Å². The summed E-state index contributed by atoms with van der Waals surface area (Å²) in [5.74, 6) is -0.566. The molecular formula is C14H23N3O4. The van der Waals surface area contributed by atoms with E-state index in [9.17, 15) is 19.5 Å². The summed E-state index contributed by atoms with van der Waals surface area (Å²) >= 11 is 0. The first-order valence-electron chi connectivity index (χ1n) is 7.43. The van der Waals surface area contributed by atoms with E-state index in [2.05, 4.69) is 10.6 Å². The van der Waals surface area contributed by atoms with Crippen LogP contribution in [0.2, 0.25) is 0 Å². The molecule has 1 saturated heterocycles. The highest BCUT2D eigenvalue weighted by atomic mass is 16.3. The average molecular weight is 297 g/mol. The molecule has 7 heteroatoms. The maximum absolute atomic E-state index is 12.0. The Kier molecular flexibility index (Phi) is 4.51. The van der Waals surface area contributed by atoms with E-state index in [4.69, 9.17) is 0 Å². The molecule has 0 spiro atoms. The van der Waals surface area contributed by atoms with Crippen molar-refractivity contribution in [2.75, 3.05) is 6.54 Å². The Morgan fingerprint density at radius 3 is 2.62 bits per heavy atom. The number of aliphatic hydroxyl groups is 1. The van der Waals surface area contributed by atoms with Crippen molar-refractivity contribution in [1.29, 1.82) is 0 Å². The van der Waals surface area contributed by atoms with Gasteiger partial charge < -0.3 is 15.7 Å². The molecule has 0 bridgehead atoms. The minimum absolute atomic E-state index is 0.0540. The normalized spacial score (nSPS) is 28.4. The molecule has 0 aromatic heterocycles. The Hall–Kier alpha value is -1.63. The van der Waals surface area contributed by atoms with Gasteiger partial charge in [0, 0.05) is 13.0 Å². The largest absolute Gasteiger partial charge is 0.391 e. The SMILES string of the molecule is CC1(C)NC(=O)N(CCC(=O)N[C@H]2CCCC[C@@H]2O)C1=O. The lowest BCUT2D eigenvalue weighted by molar-refractivity contribution is -0.130. The molecule has 1 aliphatic carbocycles. The predicted molar refractivity (Wildman–Crippen MR) is 75.3 cm³/mol. The van der Waals surface area contributed by atoms with Gasteiger partial charge in [-0.2, -0.15) is 0 Å². The topological polar surface area (TPSA) is 98.7 Å². The standard InChI is InChI=1S/C14H23N3O4/c1-14(2)12(20)17(13(21)16-14)8-7-11(19)15-9-5-3-4-6-10(9)18/h9-10,18H,3-8H2,1-2H3,(H,15,19)(H,16,21)/t9-,10-/m0/s1. The first-order chi connectivity index (χ1) is 9.81. The van der Waals surface area contributed by atoms with E-state index in [0.717, 1.165) is 24.2 Å². The van der Waals surface area contributed by atoms with Gasteiger partial charge in [-0.3, -0.25) is 14.5 Å². The smallest absolute Gasteiger partial charge is 0.325 e. The van der Waals surface area contributed by atoms with Crippen LogP contribution in [0.5, 0.6) is 0 Å². The summed E-state index contributed by atoms with van der Waals surface area (Å²) in [6, 6.07) is -0.679. The molecule has 0 aromatic carbocycles. The van der Waals surface area contributed by atoms with Crippen LogP contribution in [0.4, 0.5) is 4.79 Å². The molecule has 2 fully saturated rings. The maximum Gasteiger partial charge on any atom is 0.325 e. The maximum atomic E-state index is 12.0. The molecule has 0 unspecified atom stereocenters. The van der Waals surface area contributed by atoms with Crippen molar-refractivity contribution < 1.29 is 19.5 Å². The highest BCUT2D eigenvalue weighted by Crippen LogP contribution is 2.19. The van der Waals surface area contributed by atoms with E-state index in [1.165, 1.54) is 0 Å². The summed E-state index contributed by atoms with van der Waals surface area (Å²) in [6.07, 6.45) is 2.99. The second-order valence-electron chi connectivity index (χ2n) is 6.29. The number of carbonyl (C=O) groups is 3. The summed E-state index contributed by atoms with van der Waals surface area (Å²) in [4.78, 5) is 36.6. The van der Waals surface area contributed by atoms with Crippen LogP contribution in [0.25, 0.3) is 0 Å². The average Bonchev–Trinajstić information content (AvgIpc) is 2.59. The van der Waals surface area contributed by atoms with Gasteiger partial charge in [0.05, 0.1) is 12.1 Å². The molecule has 4 amide bonds. The Bertz CT molecular complexity index is 450. The first kappa shape index (κ1) is 15.8. The number of urea groups is 1. The quantitative estimate of drug-likeness (QED) is 0.642. The van der Waals surface area contributed by atoms with Crippen molar-refractivity contribution >= 4 is 17.8 Å². The van der Waals surface area contributed by atoms with E-state index >= 15 is 0 Å². The van der Waals surface area contributed by atoms with E-state index in [0.29, 0.717) is 6.42 Å². The number of imide groups is 1. The number of nitrogens with one attached hydrogen (secondary N) is 2. The minimum Gasteiger partial charge on any atom is -0.391 e. The van der Waals surface area contributed by atoms with E-state index in [1.807, 2.05) is 0 Å². The summed E-state index contributed by atoms with van der Waals surface area (Å²) in [5, 5.41) is 15.2. The van der Waals surface area contributed by atoms with Crippen molar-refractivity contribution in [3.05, 3.63) is 0 Å². The third kappa shape index (κ3) is 3.53. The van der Waals surface area contributed by atoms with E-state index in [-0.39, 0.29) is 30.8 Å². The molecule has 21 heavy (non-hydrogen) atoms. The van der Waals surface area contributed by atoms with Gasteiger partial charge in [-0.1, -0.05) is 12.8 Å². The van der Waals surface area contributed by atoms with E-state index in [1.54, 1.807) is 13.8 Å². The number of hydrogen-bond donors (Lipinski definition) is 3. The second kappa shape index (κ2) is 6.01. The van der Waals surface area contributed by atoms with Gasteiger partial charge in [0.2, 0.25) is 5.91 Å². The molecule has 3 N–H and O–H groups in total. The van der Waals surface area contributed by atoms with Crippen LogP contribution in [0.3, 0.4) is 0 Å².